The van der Waals surface area contributed by atoms with E-state index in [4.69, 9.17) is 4.74 Å². The molecule has 0 aromatic heterocycles. The first-order valence-electron chi connectivity index (χ1n) is 9.37. The minimum atomic E-state index is -3.34. The van der Waals surface area contributed by atoms with Crippen molar-refractivity contribution in [3.05, 3.63) is 0 Å². The summed E-state index contributed by atoms with van der Waals surface area (Å²) >= 11 is 0. The van der Waals surface area contributed by atoms with Crippen molar-refractivity contribution in [2.24, 2.45) is 5.41 Å². The van der Waals surface area contributed by atoms with E-state index in [1.165, 1.54) is 12.8 Å². The zero-order valence-electron chi connectivity index (χ0n) is 14.7. The van der Waals surface area contributed by atoms with Gasteiger partial charge in [0.05, 0.1) is 6.10 Å². The van der Waals surface area contributed by atoms with Gasteiger partial charge < -0.3 is 4.74 Å². The fourth-order valence-electron chi connectivity index (χ4n) is 4.98. The van der Waals surface area contributed by atoms with Gasteiger partial charge in [-0.1, -0.05) is 25.7 Å². The molecule has 0 unspecified atom stereocenters. The molecule has 0 amide bonds. The van der Waals surface area contributed by atoms with Gasteiger partial charge in [-0.05, 0) is 39.0 Å². The molecule has 0 aromatic carbocycles. The minimum absolute atomic E-state index is 0.0731. The van der Waals surface area contributed by atoms with Crippen LogP contribution in [-0.2, 0) is 14.9 Å². The van der Waals surface area contributed by atoms with E-state index in [1.807, 2.05) is 6.92 Å². The maximum absolute atomic E-state index is 13.1. The zero-order chi connectivity index (χ0) is 16.5. The van der Waals surface area contributed by atoms with Crippen LogP contribution in [0.25, 0.3) is 0 Å². The number of rotatable bonds is 5. The largest absolute Gasteiger partial charge is 0.378 e. The molecule has 2 atom stereocenters. The van der Waals surface area contributed by atoms with Gasteiger partial charge in [-0.3, -0.25) is 0 Å². The molecule has 1 aliphatic heterocycles. The minimum Gasteiger partial charge on any atom is -0.378 e. The van der Waals surface area contributed by atoms with Crippen molar-refractivity contribution in [2.75, 3.05) is 26.7 Å². The Bertz CT molecular complexity index is 494. The third-order valence-corrected chi connectivity index (χ3v) is 8.34. The molecule has 3 rings (SSSR count). The summed E-state index contributed by atoms with van der Waals surface area (Å²) in [6.07, 6.45) is 10.0. The van der Waals surface area contributed by atoms with Gasteiger partial charge in [-0.25, -0.2) is 0 Å². The van der Waals surface area contributed by atoms with Gasteiger partial charge in [0.25, 0.3) is 10.2 Å². The topological polar surface area (TPSA) is 49.9 Å². The van der Waals surface area contributed by atoms with Crippen LogP contribution in [0.1, 0.15) is 64.7 Å². The predicted molar refractivity (Wildman–Crippen MR) is 91.4 cm³/mol. The summed E-state index contributed by atoms with van der Waals surface area (Å²) in [4.78, 5) is 0. The maximum Gasteiger partial charge on any atom is 0.281 e. The lowest BCUT2D eigenvalue weighted by molar-refractivity contribution is -0.146. The average Bonchev–Trinajstić information content (AvgIpc) is 2.89. The molecule has 6 heteroatoms. The molecular formula is C17H32N2O3S. The van der Waals surface area contributed by atoms with Gasteiger partial charge in [0.15, 0.2) is 0 Å². The Morgan fingerprint density at radius 2 is 1.70 bits per heavy atom. The summed E-state index contributed by atoms with van der Waals surface area (Å²) in [6, 6.07) is 0.120. The van der Waals surface area contributed by atoms with E-state index in [1.54, 1.807) is 15.7 Å². The molecular weight excluding hydrogens is 312 g/mol. The second-order valence-corrected chi connectivity index (χ2v) is 9.46. The van der Waals surface area contributed by atoms with Crippen molar-refractivity contribution >= 4 is 10.2 Å². The molecule has 2 aliphatic carbocycles. The van der Waals surface area contributed by atoms with Crippen LogP contribution in [-0.4, -0.2) is 55.9 Å². The smallest absolute Gasteiger partial charge is 0.281 e. The Morgan fingerprint density at radius 1 is 1.09 bits per heavy atom. The number of ether oxygens (including phenoxy) is 1. The molecule has 1 saturated heterocycles. The summed E-state index contributed by atoms with van der Waals surface area (Å²) in [5.74, 6) is 0. The molecule has 3 fully saturated rings. The van der Waals surface area contributed by atoms with Crippen molar-refractivity contribution < 1.29 is 13.2 Å². The molecule has 0 aromatic rings. The van der Waals surface area contributed by atoms with Gasteiger partial charge in [0.1, 0.15) is 0 Å². The van der Waals surface area contributed by atoms with Crippen molar-refractivity contribution in [1.82, 2.24) is 8.61 Å². The van der Waals surface area contributed by atoms with Crippen molar-refractivity contribution in [2.45, 2.75) is 76.9 Å². The summed E-state index contributed by atoms with van der Waals surface area (Å²) in [7, 11) is -1.54. The average molecular weight is 345 g/mol. The molecule has 23 heavy (non-hydrogen) atoms. The fraction of sp³-hybridized carbons (Fsp3) is 1.00. The predicted octanol–water partition coefficient (Wildman–Crippen LogP) is 2.78. The lowest BCUT2D eigenvalue weighted by atomic mass is 9.60. The SMILES string of the molecule is CCO[C@@H]1C[C@@H](N(C)S(=O)(=O)N2CCCCCC2)C12CCCC2. The zero-order valence-corrected chi connectivity index (χ0v) is 15.5. The Labute approximate surface area is 141 Å². The molecule has 2 saturated carbocycles. The Kier molecular flexibility index (Phi) is 5.36. The highest BCUT2D eigenvalue weighted by Gasteiger charge is 2.60. The Hall–Kier alpha value is -0.170. The second-order valence-electron chi connectivity index (χ2n) is 7.47. The van der Waals surface area contributed by atoms with E-state index in [-0.39, 0.29) is 17.6 Å². The standard InChI is InChI=1S/C17H32N2O3S/c1-3-22-16-14-15(17(16)10-6-7-11-17)18(2)23(20,21)19-12-8-4-5-9-13-19/h15-16H,3-14H2,1-2H3/t15-,16-/m1/s1. The highest BCUT2D eigenvalue weighted by molar-refractivity contribution is 7.86. The lowest BCUT2D eigenvalue weighted by Gasteiger charge is -2.56. The van der Waals surface area contributed by atoms with Gasteiger partial charge in [-0.2, -0.15) is 17.0 Å². The summed E-state index contributed by atoms with van der Waals surface area (Å²) in [5, 5.41) is 0. The number of hydrogen-bond acceptors (Lipinski definition) is 3. The molecule has 5 nitrogen and oxygen atoms in total. The fourth-order valence-corrected chi connectivity index (χ4v) is 6.68. The van der Waals surface area contributed by atoms with Crippen LogP contribution in [0.4, 0.5) is 0 Å². The van der Waals surface area contributed by atoms with Crippen LogP contribution >= 0.6 is 0 Å². The van der Waals surface area contributed by atoms with Gasteiger partial charge in [0, 0.05) is 38.2 Å². The van der Waals surface area contributed by atoms with Crippen LogP contribution in [0.2, 0.25) is 0 Å². The van der Waals surface area contributed by atoms with E-state index in [2.05, 4.69) is 0 Å². The molecule has 0 radical (unpaired) electrons. The highest BCUT2D eigenvalue weighted by Crippen LogP contribution is 2.57. The Morgan fingerprint density at radius 3 is 2.26 bits per heavy atom. The van der Waals surface area contributed by atoms with E-state index in [0.29, 0.717) is 13.1 Å². The highest BCUT2D eigenvalue weighted by atomic mass is 32.2. The quantitative estimate of drug-likeness (QED) is 0.770. The monoisotopic (exact) mass is 344 g/mol. The van der Waals surface area contributed by atoms with Gasteiger partial charge in [-0.15, -0.1) is 0 Å². The molecule has 3 aliphatic rings. The summed E-state index contributed by atoms with van der Waals surface area (Å²) in [6.45, 7) is 4.12. The lowest BCUT2D eigenvalue weighted by Crippen LogP contribution is -2.65. The van der Waals surface area contributed by atoms with Gasteiger partial charge in [0.2, 0.25) is 0 Å². The van der Waals surface area contributed by atoms with E-state index >= 15 is 0 Å². The van der Waals surface area contributed by atoms with Gasteiger partial charge >= 0.3 is 0 Å². The maximum atomic E-state index is 13.1. The molecule has 1 spiro atoms. The number of hydrogen-bond donors (Lipinski definition) is 0. The molecule has 0 bridgehead atoms. The first-order valence-corrected chi connectivity index (χ1v) is 10.8. The molecule has 1 heterocycles. The van der Waals surface area contributed by atoms with Crippen LogP contribution in [0.3, 0.4) is 0 Å². The normalized spacial score (nSPS) is 32.1. The summed E-state index contributed by atoms with van der Waals surface area (Å²) < 4.78 is 35.5. The summed E-state index contributed by atoms with van der Waals surface area (Å²) in [5.41, 5.74) is 0.0731. The van der Waals surface area contributed by atoms with Crippen LogP contribution in [0, 0.1) is 5.41 Å². The van der Waals surface area contributed by atoms with E-state index in [9.17, 15) is 8.42 Å². The van der Waals surface area contributed by atoms with Crippen LogP contribution < -0.4 is 0 Å². The van der Waals surface area contributed by atoms with Crippen LogP contribution in [0.5, 0.6) is 0 Å². The first kappa shape index (κ1) is 17.6. The van der Waals surface area contributed by atoms with E-state index < -0.39 is 10.2 Å². The second kappa shape index (κ2) is 6.98. The third-order valence-electron chi connectivity index (χ3n) is 6.34. The van der Waals surface area contributed by atoms with E-state index in [0.717, 1.165) is 51.6 Å². The van der Waals surface area contributed by atoms with Crippen molar-refractivity contribution in [3.8, 4) is 0 Å². The van der Waals surface area contributed by atoms with Crippen molar-refractivity contribution in [3.63, 3.8) is 0 Å². The third kappa shape index (κ3) is 3.08. The Balaban J connectivity index is 1.75. The van der Waals surface area contributed by atoms with Crippen LogP contribution in [0.15, 0.2) is 0 Å². The molecule has 134 valence electrons. The number of nitrogens with zero attached hydrogens (tertiary/aromatic N) is 2. The van der Waals surface area contributed by atoms with Crippen molar-refractivity contribution in [1.29, 1.82) is 0 Å². The molecule has 0 N–H and O–H groups in total. The first-order chi connectivity index (χ1) is 11.0.